The number of aromatic nitrogens is 1. The predicted molar refractivity (Wildman–Crippen MR) is 57.7 cm³/mol. The molecule has 1 fully saturated rings. The molecule has 1 heterocycles. The predicted octanol–water partition coefficient (Wildman–Crippen LogP) is 2.13. The number of carbonyl (C=O) groups excluding carboxylic acids is 1. The standard InChI is InChI=1S/C10H14N2OS/c1-6-7(2)14-10(11-6)12(3)9(13)8-4-5-8/h8H,4-5H2,1-3H3. The number of amides is 1. The number of hydrogen-bond donors (Lipinski definition) is 0. The van der Waals surface area contributed by atoms with Gasteiger partial charge in [-0.05, 0) is 26.7 Å². The van der Waals surface area contributed by atoms with E-state index in [4.69, 9.17) is 0 Å². The average molecular weight is 210 g/mol. The third kappa shape index (κ3) is 1.66. The molecule has 0 atom stereocenters. The molecule has 3 nitrogen and oxygen atoms in total. The van der Waals surface area contributed by atoms with Gasteiger partial charge < -0.3 is 0 Å². The summed E-state index contributed by atoms with van der Waals surface area (Å²) in [5.74, 6) is 0.489. The van der Waals surface area contributed by atoms with Crippen molar-refractivity contribution in [3.63, 3.8) is 0 Å². The Balaban J connectivity index is 2.17. The minimum Gasteiger partial charge on any atom is -0.291 e. The largest absolute Gasteiger partial charge is 0.291 e. The van der Waals surface area contributed by atoms with Gasteiger partial charge in [-0.3, -0.25) is 9.69 Å². The molecular weight excluding hydrogens is 196 g/mol. The Labute approximate surface area is 87.8 Å². The topological polar surface area (TPSA) is 33.2 Å². The lowest BCUT2D eigenvalue weighted by Crippen LogP contribution is -2.27. The zero-order valence-electron chi connectivity index (χ0n) is 8.70. The van der Waals surface area contributed by atoms with Crippen molar-refractivity contribution in [2.45, 2.75) is 26.7 Å². The van der Waals surface area contributed by atoms with Crippen LogP contribution in [0.15, 0.2) is 0 Å². The fraction of sp³-hybridized carbons (Fsp3) is 0.600. The Bertz CT molecular complexity index is 349. The SMILES string of the molecule is Cc1nc(N(C)C(=O)C2CC2)sc1C. The Hall–Kier alpha value is -0.900. The van der Waals surface area contributed by atoms with Crippen molar-refractivity contribution in [2.24, 2.45) is 5.92 Å². The number of hydrogen-bond acceptors (Lipinski definition) is 3. The van der Waals surface area contributed by atoms with E-state index in [9.17, 15) is 4.79 Å². The van der Waals surface area contributed by atoms with Gasteiger partial charge in [-0.2, -0.15) is 0 Å². The van der Waals surface area contributed by atoms with Gasteiger partial charge >= 0.3 is 0 Å². The van der Waals surface area contributed by atoms with Crippen molar-refractivity contribution < 1.29 is 4.79 Å². The van der Waals surface area contributed by atoms with Crippen molar-refractivity contribution >= 4 is 22.4 Å². The Morgan fingerprint density at radius 3 is 2.57 bits per heavy atom. The number of thiazole rings is 1. The minimum absolute atomic E-state index is 0.221. The molecule has 0 unspecified atom stereocenters. The highest BCUT2D eigenvalue weighted by Gasteiger charge is 2.33. The summed E-state index contributed by atoms with van der Waals surface area (Å²) in [6.45, 7) is 4.01. The quantitative estimate of drug-likeness (QED) is 0.749. The van der Waals surface area contributed by atoms with Crippen molar-refractivity contribution in [3.05, 3.63) is 10.6 Å². The second-order valence-corrected chi connectivity index (χ2v) is 4.99. The van der Waals surface area contributed by atoms with Gasteiger partial charge in [-0.1, -0.05) is 0 Å². The van der Waals surface area contributed by atoms with E-state index >= 15 is 0 Å². The van der Waals surface area contributed by atoms with Crippen LogP contribution in [0.2, 0.25) is 0 Å². The van der Waals surface area contributed by atoms with Crippen molar-refractivity contribution in [1.29, 1.82) is 0 Å². The molecule has 1 aromatic rings. The van der Waals surface area contributed by atoms with Gasteiger partial charge in [0, 0.05) is 17.8 Å². The van der Waals surface area contributed by atoms with E-state index in [0.29, 0.717) is 0 Å². The van der Waals surface area contributed by atoms with Crippen LogP contribution in [-0.2, 0) is 4.79 Å². The van der Waals surface area contributed by atoms with Gasteiger partial charge in [-0.15, -0.1) is 11.3 Å². The van der Waals surface area contributed by atoms with Crippen LogP contribution < -0.4 is 4.90 Å². The molecule has 0 aromatic carbocycles. The fourth-order valence-electron chi connectivity index (χ4n) is 1.30. The minimum atomic E-state index is 0.221. The molecule has 1 saturated carbocycles. The molecule has 0 saturated heterocycles. The first-order valence-corrected chi connectivity index (χ1v) is 5.63. The first-order chi connectivity index (χ1) is 6.59. The Morgan fingerprint density at radius 2 is 2.14 bits per heavy atom. The Kier molecular flexibility index (Phi) is 2.31. The third-order valence-corrected chi connectivity index (χ3v) is 3.71. The van der Waals surface area contributed by atoms with E-state index < -0.39 is 0 Å². The summed E-state index contributed by atoms with van der Waals surface area (Å²) >= 11 is 1.59. The third-order valence-electron chi connectivity index (χ3n) is 2.56. The van der Waals surface area contributed by atoms with Gasteiger partial charge in [-0.25, -0.2) is 4.98 Å². The molecular formula is C10H14N2OS. The summed E-state index contributed by atoms with van der Waals surface area (Å²) in [5, 5.41) is 0.830. The molecule has 1 amide bonds. The first kappa shape index (κ1) is 9.65. The number of carbonyl (C=O) groups is 1. The van der Waals surface area contributed by atoms with Crippen LogP contribution in [-0.4, -0.2) is 17.9 Å². The van der Waals surface area contributed by atoms with E-state index in [-0.39, 0.29) is 11.8 Å². The monoisotopic (exact) mass is 210 g/mol. The van der Waals surface area contributed by atoms with Gasteiger partial charge in [0.2, 0.25) is 5.91 Å². The van der Waals surface area contributed by atoms with Crippen LogP contribution in [0.25, 0.3) is 0 Å². The molecule has 76 valence electrons. The summed E-state index contributed by atoms with van der Waals surface area (Å²) in [6, 6.07) is 0. The summed E-state index contributed by atoms with van der Waals surface area (Å²) in [7, 11) is 1.82. The van der Waals surface area contributed by atoms with Crippen LogP contribution in [0.5, 0.6) is 0 Å². The van der Waals surface area contributed by atoms with Gasteiger partial charge in [0.15, 0.2) is 5.13 Å². The van der Waals surface area contributed by atoms with E-state index in [0.717, 1.165) is 23.7 Å². The lowest BCUT2D eigenvalue weighted by Gasteiger charge is -2.12. The molecule has 0 aliphatic heterocycles. The normalized spacial score (nSPS) is 15.6. The lowest BCUT2D eigenvalue weighted by atomic mass is 10.4. The van der Waals surface area contributed by atoms with Crippen molar-refractivity contribution in [3.8, 4) is 0 Å². The number of rotatable bonds is 2. The highest BCUT2D eigenvalue weighted by atomic mass is 32.1. The molecule has 0 bridgehead atoms. The number of nitrogens with zero attached hydrogens (tertiary/aromatic N) is 2. The summed E-state index contributed by atoms with van der Waals surface area (Å²) < 4.78 is 0. The zero-order valence-corrected chi connectivity index (χ0v) is 9.52. The molecule has 1 aromatic heterocycles. The smallest absolute Gasteiger partial charge is 0.231 e. The maximum absolute atomic E-state index is 11.7. The number of aryl methyl sites for hydroxylation is 2. The van der Waals surface area contributed by atoms with E-state index in [1.54, 1.807) is 16.2 Å². The van der Waals surface area contributed by atoms with Gasteiger partial charge in [0.05, 0.1) is 5.69 Å². The first-order valence-electron chi connectivity index (χ1n) is 4.81. The van der Waals surface area contributed by atoms with Crippen LogP contribution in [0.1, 0.15) is 23.4 Å². The molecule has 1 aliphatic carbocycles. The molecule has 0 spiro atoms. The fourth-order valence-corrected chi connectivity index (χ4v) is 2.17. The van der Waals surface area contributed by atoms with Crippen LogP contribution >= 0.6 is 11.3 Å². The van der Waals surface area contributed by atoms with Crippen molar-refractivity contribution in [1.82, 2.24) is 4.98 Å². The van der Waals surface area contributed by atoms with E-state index in [2.05, 4.69) is 4.98 Å². The summed E-state index contributed by atoms with van der Waals surface area (Å²) in [5.41, 5.74) is 1.03. The molecule has 1 aliphatic rings. The second-order valence-electron chi connectivity index (χ2n) is 3.81. The second kappa shape index (κ2) is 3.35. The molecule has 0 N–H and O–H groups in total. The van der Waals surface area contributed by atoms with E-state index in [1.807, 2.05) is 20.9 Å². The maximum atomic E-state index is 11.7. The molecule has 2 rings (SSSR count). The highest BCUT2D eigenvalue weighted by Crippen LogP contribution is 2.33. The van der Waals surface area contributed by atoms with Gasteiger partial charge in [0.25, 0.3) is 0 Å². The van der Waals surface area contributed by atoms with Crippen LogP contribution in [0.3, 0.4) is 0 Å². The molecule has 14 heavy (non-hydrogen) atoms. The Morgan fingerprint density at radius 1 is 1.50 bits per heavy atom. The van der Waals surface area contributed by atoms with Crippen molar-refractivity contribution in [2.75, 3.05) is 11.9 Å². The van der Waals surface area contributed by atoms with Crippen LogP contribution in [0, 0.1) is 19.8 Å². The molecule has 4 heteroatoms. The van der Waals surface area contributed by atoms with Crippen LogP contribution in [0.4, 0.5) is 5.13 Å². The summed E-state index contributed by atoms with van der Waals surface area (Å²) in [4.78, 5) is 19.0. The highest BCUT2D eigenvalue weighted by molar-refractivity contribution is 7.15. The summed E-state index contributed by atoms with van der Waals surface area (Å²) in [6.07, 6.45) is 2.10. The molecule has 0 radical (unpaired) electrons. The average Bonchev–Trinajstić information content (AvgIpc) is 2.93. The van der Waals surface area contributed by atoms with E-state index in [1.165, 1.54) is 4.88 Å². The van der Waals surface area contributed by atoms with Gasteiger partial charge in [0.1, 0.15) is 0 Å². The maximum Gasteiger partial charge on any atom is 0.231 e. The number of anilines is 1. The lowest BCUT2D eigenvalue weighted by molar-refractivity contribution is -0.119. The zero-order chi connectivity index (χ0) is 10.3.